The van der Waals surface area contributed by atoms with Gasteiger partial charge in [-0.05, 0) is 49.5 Å². The summed E-state index contributed by atoms with van der Waals surface area (Å²) < 4.78 is 5.48. The lowest BCUT2D eigenvalue weighted by Gasteiger charge is -2.40. The molecular formula is C16H32N2O. The standard InChI is InChI=1S/C16H32N2O/c1-3-5-16(6-4-9-17-13-16)14-18-12-15(2)7-10-19-11-8-15/h17-18H,3-14H2,1-2H3. The molecule has 0 aromatic carbocycles. The number of piperidine rings is 1. The minimum Gasteiger partial charge on any atom is -0.381 e. The maximum atomic E-state index is 5.48. The summed E-state index contributed by atoms with van der Waals surface area (Å²) in [7, 11) is 0. The van der Waals surface area contributed by atoms with E-state index in [-0.39, 0.29) is 0 Å². The predicted octanol–water partition coefficient (Wildman–Crippen LogP) is 2.56. The third-order valence-corrected chi connectivity index (χ3v) is 5.09. The molecule has 19 heavy (non-hydrogen) atoms. The highest BCUT2D eigenvalue weighted by Crippen LogP contribution is 2.32. The zero-order chi connectivity index (χ0) is 13.6. The fraction of sp³-hybridized carbons (Fsp3) is 1.00. The van der Waals surface area contributed by atoms with Gasteiger partial charge < -0.3 is 15.4 Å². The molecule has 2 heterocycles. The normalized spacial score (nSPS) is 31.3. The average Bonchev–Trinajstić information content (AvgIpc) is 2.40. The van der Waals surface area contributed by atoms with Crippen LogP contribution < -0.4 is 10.6 Å². The zero-order valence-corrected chi connectivity index (χ0v) is 12.9. The van der Waals surface area contributed by atoms with Crippen molar-refractivity contribution in [1.29, 1.82) is 0 Å². The molecule has 0 aromatic rings. The Morgan fingerprint density at radius 1 is 1.16 bits per heavy atom. The first-order valence-electron chi connectivity index (χ1n) is 8.17. The number of hydrogen-bond donors (Lipinski definition) is 2. The Balaban J connectivity index is 1.78. The van der Waals surface area contributed by atoms with Gasteiger partial charge in [0.2, 0.25) is 0 Å². The summed E-state index contributed by atoms with van der Waals surface area (Å²) in [6, 6.07) is 0. The highest BCUT2D eigenvalue weighted by Gasteiger charge is 2.32. The van der Waals surface area contributed by atoms with Gasteiger partial charge in [0, 0.05) is 32.8 Å². The summed E-state index contributed by atoms with van der Waals surface area (Å²) in [5, 5.41) is 7.39. The van der Waals surface area contributed by atoms with E-state index in [1.165, 1.54) is 58.2 Å². The van der Waals surface area contributed by atoms with E-state index in [9.17, 15) is 0 Å². The second-order valence-electron chi connectivity index (χ2n) is 7.06. The summed E-state index contributed by atoms with van der Waals surface area (Å²) in [5.74, 6) is 0. The van der Waals surface area contributed by atoms with Crippen molar-refractivity contribution in [3.05, 3.63) is 0 Å². The Morgan fingerprint density at radius 2 is 1.95 bits per heavy atom. The van der Waals surface area contributed by atoms with Gasteiger partial charge in [0.05, 0.1) is 0 Å². The van der Waals surface area contributed by atoms with Crippen molar-refractivity contribution >= 4 is 0 Å². The topological polar surface area (TPSA) is 33.3 Å². The highest BCUT2D eigenvalue weighted by molar-refractivity contribution is 4.88. The van der Waals surface area contributed by atoms with Gasteiger partial charge in [0.1, 0.15) is 0 Å². The van der Waals surface area contributed by atoms with E-state index in [0.29, 0.717) is 10.8 Å². The van der Waals surface area contributed by atoms with Gasteiger partial charge in [-0.25, -0.2) is 0 Å². The van der Waals surface area contributed by atoms with Gasteiger partial charge in [0.15, 0.2) is 0 Å². The van der Waals surface area contributed by atoms with Gasteiger partial charge in [-0.3, -0.25) is 0 Å². The zero-order valence-electron chi connectivity index (χ0n) is 12.9. The lowest BCUT2D eigenvalue weighted by atomic mass is 9.76. The van der Waals surface area contributed by atoms with Crippen LogP contribution in [0.3, 0.4) is 0 Å². The van der Waals surface area contributed by atoms with Crippen LogP contribution >= 0.6 is 0 Å². The van der Waals surface area contributed by atoms with Gasteiger partial charge in [0.25, 0.3) is 0 Å². The van der Waals surface area contributed by atoms with E-state index in [0.717, 1.165) is 19.8 Å². The molecule has 2 fully saturated rings. The summed E-state index contributed by atoms with van der Waals surface area (Å²) in [6.07, 6.45) is 7.80. The van der Waals surface area contributed by atoms with E-state index >= 15 is 0 Å². The first kappa shape index (κ1) is 15.3. The smallest absolute Gasteiger partial charge is 0.0471 e. The Hall–Kier alpha value is -0.120. The molecule has 0 spiro atoms. The van der Waals surface area contributed by atoms with Crippen molar-refractivity contribution in [2.24, 2.45) is 10.8 Å². The molecule has 0 aliphatic carbocycles. The molecule has 1 atom stereocenters. The third kappa shape index (κ3) is 4.44. The summed E-state index contributed by atoms with van der Waals surface area (Å²) in [4.78, 5) is 0. The van der Waals surface area contributed by atoms with Gasteiger partial charge in [-0.2, -0.15) is 0 Å². The largest absolute Gasteiger partial charge is 0.381 e. The van der Waals surface area contributed by atoms with Gasteiger partial charge in [-0.1, -0.05) is 20.3 Å². The number of rotatable bonds is 6. The van der Waals surface area contributed by atoms with Crippen LogP contribution in [0, 0.1) is 10.8 Å². The summed E-state index contributed by atoms with van der Waals surface area (Å²) in [5.41, 5.74) is 0.961. The van der Waals surface area contributed by atoms with Crippen molar-refractivity contribution in [3.8, 4) is 0 Å². The van der Waals surface area contributed by atoms with Crippen LogP contribution in [0.5, 0.6) is 0 Å². The minimum absolute atomic E-state index is 0.452. The molecule has 0 bridgehead atoms. The number of hydrogen-bond acceptors (Lipinski definition) is 3. The predicted molar refractivity (Wildman–Crippen MR) is 80.5 cm³/mol. The molecule has 2 saturated heterocycles. The Kier molecular flexibility index (Phi) is 5.67. The molecular weight excluding hydrogens is 236 g/mol. The molecule has 0 radical (unpaired) electrons. The molecule has 1 unspecified atom stereocenters. The second-order valence-corrected chi connectivity index (χ2v) is 7.06. The van der Waals surface area contributed by atoms with Crippen LogP contribution in [-0.4, -0.2) is 39.4 Å². The maximum Gasteiger partial charge on any atom is 0.0471 e. The van der Waals surface area contributed by atoms with Crippen LogP contribution in [0.4, 0.5) is 0 Å². The SMILES string of the molecule is CCCC1(CNCC2(C)CCOCC2)CCCNC1. The molecule has 0 aromatic heterocycles. The first-order valence-corrected chi connectivity index (χ1v) is 8.17. The maximum absolute atomic E-state index is 5.48. The average molecular weight is 268 g/mol. The van der Waals surface area contributed by atoms with Crippen molar-refractivity contribution in [2.45, 2.75) is 52.4 Å². The van der Waals surface area contributed by atoms with E-state index in [4.69, 9.17) is 4.74 Å². The number of ether oxygens (including phenoxy) is 1. The first-order chi connectivity index (χ1) is 9.18. The third-order valence-electron chi connectivity index (χ3n) is 5.09. The Labute approximate surface area is 118 Å². The summed E-state index contributed by atoms with van der Waals surface area (Å²) >= 11 is 0. The molecule has 112 valence electrons. The quantitative estimate of drug-likeness (QED) is 0.777. The van der Waals surface area contributed by atoms with Crippen LogP contribution in [0.25, 0.3) is 0 Å². The monoisotopic (exact) mass is 268 g/mol. The second kappa shape index (κ2) is 7.05. The molecule has 3 heteroatoms. The van der Waals surface area contributed by atoms with E-state index < -0.39 is 0 Å². The fourth-order valence-electron chi connectivity index (χ4n) is 3.68. The van der Waals surface area contributed by atoms with Crippen LogP contribution in [0.2, 0.25) is 0 Å². The molecule has 2 aliphatic rings. The van der Waals surface area contributed by atoms with Crippen molar-refractivity contribution in [1.82, 2.24) is 10.6 Å². The Morgan fingerprint density at radius 3 is 2.58 bits per heavy atom. The molecule has 2 N–H and O–H groups in total. The lowest BCUT2D eigenvalue weighted by molar-refractivity contribution is 0.0222. The molecule has 2 rings (SSSR count). The lowest BCUT2D eigenvalue weighted by Crippen LogP contribution is -2.48. The van der Waals surface area contributed by atoms with Crippen molar-refractivity contribution < 1.29 is 4.74 Å². The number of nitrogens with one attached hydrogen (secondary N) is 2. The van der Waals surface area contributed by atoms with Gasteiger partial charge in [-0.15, -0.1) is 0 Å². The van der Waals surface area contributed by atoms with E-state index in [1.54, 1.807) is 0 Å². The molecule has 2 aliphatic heterocycles. The molecule has 0 amide bonds. The van der Waals surface area contributed by atoms with Crippen LogP contribution in [-0.2, 0) is 4.74 Å². The Bertz CT molecular complexity index is 250. The van der Waals surface area contributed by atoms with E-state index in [2.05, 4.69) is 24.5 Å². The van der Waals surface area contributed by atoms with Gasteiger partial charge >= 0.3 is 0 Å². The van der Waals surface area contributed by atoms with Crippen LogP contribution in [0.15, 0.2) is 0 Å². The molecule has 3 nitrogen and oxygen atoms in total. The van der Waals surface area contributed by atoms with E-state index in [1.807, 2.05) is 0 Å². The van der Waals surface area contributed by atoms with Crippen molar-refractivity contribution in [3.63, 3.8) is 0 Å². The van der Waals surface area contributed by atoms with Crippen molar-refractivity contribution in [2.75, 3.05) is 39.4 Å². The van der Waals surface area contributed by atoms with Crippen LogP contribution in [0.1, 0.15) is 52.4 Å². The fourth-order valence-corrected chi connectivity index (χ4v) is 3.68. The highest BCUT2D eigenvalue weighted by atomic mass is 16.5. The molecule has 0 saturated carbocycles. The summed E-state index contributed by atoms with van der Waals surface area (Å²) in [6.45, 7) is 11.4. The minimum atomic E-state index is 0.452.